The van der Waals surface area contributed by atoms with E-state index in [0.717, 1.165) is 0 Å². The predicted molar refractivity (Wildman–Crippen MR) is 64.3 cm³/mol. The van der Waals surface area contributed by atoms with Crippen LogP contribution in [0.3, 0.4) is 0 Å². The Morgan fingerprint density at radius 2 is 1.94 bits per heavy atom. The highest BCUT2D eigenvalue weighted by atomic mass is 35.5. The number of nitrogens with zero attached hydrogens (tertiary/aromatic N) is 1. The van der Waals surface area contributed by atoms with E-state index in [1.165, 1.54) is 12.1 Å². The second kappa shape index (κ2) is 4.71. The van der Waals surface area contributed by atoms with Crippen LogP contribution in [0.1, 0.15) is 31.3 Å². The summed E-state index contributed by atoms with van der Waals surface area (Å²) in [6.07, 6.45) is 0. The van der Waals surface area contributed by atoms with E-state index in [1.807, 2.05) is 0 Å². The molecule has 0 spiro atoms. The molecule has 0 saturated carbocycles. The molecule has 1 aromatic heterocycles. The summed E-state index contributed by atoms with van der Waals surface area (Å²) in [6, 6.07) is 2.70. The molecule has 0 aromatic carbocycles. The number of carboxylic acid groups (broad SMARTS) is 1. The summed E-state index contributed by atoms with van der Waals surface area (Å²) < 4.78 is 0. The fourth-order valence-electron chi connectivity index (χ4n) is 0.956. The fraction of sp³-hybridized carbons (Fsp3) is 0.364. The van der Waals surface area contributed by atoms with Crippen molar-refractivity contribution in [3.8, 4) is 0 Å². The first-order valence-corrected chi connectivity index (χ1v) is 5.31. The van der Waals surface area contributed by atoms with Gasteiger partial charge in [-0.2, -0.15) is 0 Å². The number of carbonyl (C=O) groups excluding carboxylic acids is 1. The maximum absolute atomic E-state index is 11.7. The highest BCUT2D eigenvalue weighted by molar-refractivity contribution is 6.32. The number of carbonyl (C=O) groups is 2. The van der Waals surface area contributed by atoms with Crippen LogP contribution in [-0.4, -0.2) is 22.0 Å². The van der Waals surface area contributed by atoms with Crippen molar-refractivity contribution < 1.29 is 14.7 Å². The number of hydrogen-bond acceptors (Lipinski definition) is 3. The van der Waals surface area contributed by atoms with Crippen LogP contribution in [0.25, 0.3) is 0 Å². The van der Waals surface area contributed by atoms with E-state index in [1.54, 1.807) is 20.8 Å². The van der Waals surface area contributed by atoms with Gasteiger partial charge < -0.3 is 10.4 Å². The van der Waals surface area contributed by atoms with Gasteiger partial charge in [-0.25, -0.2) is 9.78 Å². The van der Waals surface area contributed by atoms with Gasteiger partial charge in [-0.1, -0.05) is 32.4 Å². The molecule has 0 radical (unpaired) electrons. The number of hydrogen-bond donors (Lipinski definition) is 2. The van der Waals surface area contributed by atoms with Crippen LogP contribution < -0.4 is 5.32 Å². The summed E-state index contributed by atoms with van der Waals surface area (Å²) >= 11 is 5.78. The minimum Gasteiger partial charge on any atom is -0.477 e. The SMILES string of the molecule is CC(C)(C)C(=O)Nc1ccc(C(=O)O)nc1Cl. The monoisotopic (exact) mass is 256 g/mol. The normalized spacial score (nSPS) is 11.1. The first kappa shape index (κ1) is 13.4. The van der Waals surface area contributed by atoms with Gasteiger partial charge in [0, 0.05) is 5.41 Å². The molecule has 6 heteroatoms. The Kier molecular flexibility index (Phi) is 3.72. The summed E-state index contributed by atoms with van der Waals surface area (Å²) in [5.41, 5.74) is -0.422. The van der Waals surface area contributed by atoms with Crippen molar-refractivity contribution in [2.75, 3.05) is 5.32 Å². The lowest BCUT2D eigenvalue weighted by Gasteiger charge is -2.18. The molecule has 17 heavy (non-hydrogen) atoms. The number of anilines is 1. The summed E-state index contributed by atoms with van der Waals surface area (Å²) in [5, 5.41) is 11.3. The summed E-state index contributed by atoms with van der Waals surface area (Å²) in [7, 11) is 0. The van der Waals surface area contributed by atoms with Gasteiger partial charge >= 0.3 is 5.97 Å². The average molecular weight is 257 g/mol. The molecule has 1 rings (SSSR count). The molecule has 0 unspecified atom stereocenters. The van der Waals surface area contributed by atoms with Gasteiger partial charge in [-0.15, -0.1) is 0 Å². The van der Waals surface area contributed by atoms with Crippen molar-refractivity contribution in [1.82, 2.24) is 4.98 Å². The Morgan fingerprint density at radius 3 is 2.35 bits per heavy atom. The Bertz CT molecular complexity index is 466. The molecule has 1 heterocycles. The van der Waals surface area contributed by atoms with E-state index in [-0.39, 0.29) is 16.8 Å². The van der Waals surface area contributed by atoms with Gasteiger partial charge in [0.1, 0.15) is 5.69 Å². The molecule has 92 valence electrons. The molecule has 0 aliphatic carbocycles. The molecule has 0 bridgehead atoms. The highest BCUT2D eigenvalue weighted by Gasteiger charge is 2.22. The number of carboxylic acids is 1. The van der Waals surface area contributed by atoms with Crippen LogP contribution in [0.2, 0.25) is 5.15 Å². The zero-order chi connectivity index (χ0) is 13.2. The van der Waals surface area contributed by atoms with Gasteiger partial charge in [-0.3, -0.25) is 4.79 Å². The second-order valence-corrected chi connectivity index (χ2v) is 4.90. The second-order valence-electron chi connectivity index (χ2n) is 4.54. The third-order valence-corrected chi connectivity index (χ3v) is 2.29. The smallest absolute Gasteiger partial charge is 0.354 e. The fourth-order valence-corrected chi connectivity index (χ4v) is 1.16. The van der Waals surface area contributed by atoms with E-state index in [9.17, 15) is 9.59 Å². The highest BCUT2D eigenvalue weighted by Crippen LogP contribution is 2.23. The third kappa shape index (κ3) is 3.42. The molecule has 1 amide bonds. The lowest BCUT2D eigenvalue weighted by Crippen LogP contribution is -2.27. The molecule has 5 nitrogen and oxygen atoms in total. The van der Waals surface area contributed by atoms with E-state index >= 15 is 0 Å². The van der Waals surface area contributed by atoms with Crippen LogP contribution in [-0.2, 0) is 4.79 Å². The first-order valence-electron chi connectivity index (χ1n) is 4.93. The topological polar surface area (TPSA) is 79.3 Å². The molecule has 0 atom stereocenters. The first-order chi connectivity index (χ1) is 7.71. The van der Waals surface area contributed by atoms with Gasteiger partial charge in [-0.05, 0) is 12.1 Å². The van der Waals surface area contributed by atoms with Gasteiger partial charge in [0.25, 0.3) is 0 Å². The summed E-state index contributed by atoms with van der Waals surface area (Å²) in [4.78, 5) is 26.0. The molecular weight excluding hydrogens is 244 g/mol. The predicted octanol–water partition coefficient (Wildman–Crippen LogP) is 2.42. The van der Waals surface area contributed by atoms with E-state index in [2.05, 4.69) is 10.3 Å². The molecule has 0 aliphatic rings. The van der Waals surface area contributed by atoms with Crippen LogP contribution in [0.4, 0.5) is 5.69 Å². The van der Waals surface area contributed by atoms with E-state index < -0.39 is 11.4 Å². The summed E-state index contributed by atoms with van der Waals surface area (Å²) in [5.74, 6) is -1.38. The number of pyridine rings is 1. The van der Waals surface area contributed by atoms with Crippen molar-refractivity contribution in [3.05, 3.63) is 23.0 Å². The average Bonchev–Trinajstić information content (AvgIpc) is 2.19. The number of halogens is 1. The number of nitrogens with one attached hydrogen (secondary N) is 1. The summed E-state index contributed by atoms with van der Waals surface area (Å²) in [6.45, 7) is 5.28. The largest absolute Gasteiger partial charge is 0.477 e. The Balaban J connectivity index is 2.95. The number of rotatable bonds is 2. The van der Waals surface area contributed by atoms with Crippen LogP contribution in [0.15, 0.2) is 12.1 Å². The van der Waals surface area contributed by atoms with Gasteiger partial charge in [0.15, 0.2) is 5.15 Å². The standard InChI is InChI=1S/C11H13ClN2O3/c1-11(2,3)10(17)14-6-4-5-7(9(15)16)13-8(6)12/h4-5H,1-3H3,(H,14,17)(H,15,16). The Morgan fingerprint density at radius 1 is 1.35 bits per heavy atom. The molecule has 2 N–H and O–H groups in total. The van der Waals surface area contributed by atoms with Crippen LogP contribution in [0, 0.1) is 5.41 Å². The van der Waals surface area contributed by atoms with Crippen LogP contribution in [0.5, 0.6) is 0 Å². The van der Waals surface area contributed by atoms with Crippen LogP contribution >= 0.6 is 11.6 Å². The maximum Gasteiger partial charge on any atom is 0.354 e. The zero-order valence-corrected chi connectivity index (χ0v) is 10.5. The number of aromatic nitrogens is 1. The van der Waals surface area contributed by atoms with Crippen molar-refractivity contribution >= 4 is 29.2 Å². The van der Waals surface area contributed by atoms with Gasteiger partial charge in [0.2, 0.25) is 5.91 Å². The third-order valence-electron chi connectivity index (χ3n) is 2.00. The van der Waals surface area contributed by atoms with Crippen molar-refractivity contribution in [2.24, 2.45) is 5.41 Å². The number of amides is 1. The molecule has 1 aromatic rings. The van der Waals surface area contributed by atoms with Crippen molar-refractivity contribution in [1.29, 1.82) is 0 Å². The van der Waals surface area contributed by atoms with E-state index in [4.69, 9.17) is 16.7 Å². The minimum absolute atomic E-state index is 0.0394. The Hall–Kier alpha value is -1.62. The number of aromatic carboxylic acids is 1. The Labute approximate surface area is 104 Å². The lowest BCUT2D eigenvalue weighted by atomic mass is 9.95. The minimum atomic E-state index is -1.17. The van der Waals surface area contributed by atoms with Crippen molar-refractivity contribution in [3.63, 3.8) is 0 Å². The van der Waals surface area contributed by atoms with Crippen molar-refractivity contribution in [2.45, 2.75) is 20.8 Å². The zero-order valence-electron chi connectivity index (χ0n) is 9.74. The molecular formula is C11H13ClN2O3. The quantitative estimate of drug-likeness (QED) is 0.797. The molecule has 0 aliphatic heterocycles. The lowest BCUT2D eigenvalue weighted by molar-refractivity contribution is -0.123. The molecule has 0 saturated heterocycles. The molecule has 0 fully saturated rings. The van der Waals surface area contributed by atoms with Gasteiger partial charge in [0.05, 0.1) is 5.69 Å². The maximum atomic E-state index is 11.7. The van der Waals surface area contributed by atoms with E-state index in [0.29, 0.717) is 5.69 Å².